The molecule has 0 spiro atoms. The number of hydrogen-bond donors (Lipinski definition) is 2. The highest BCUT2D eigenvalue weighted by Gasteiger charge is 2.43. The summed E-state index contributed by atoms with van der Waals surface area (Å²) in [7, 11) is 0. The van der Waals surface area contributed by atoms with Crippen molar-refractivity contribution in [1.29, 1.82) is 0 Å². The Morgan fingerprint density at radius 1 is 1.23 bits per heavy atom. The van der Waals surface area contributed by atoms with Crippen molar-refractivity contribution in [2.24, 2.45) is 0 Å². The van der Waals surface area contributed by atoms with Crippen LogP contribution in [0, 0.1) is 0 Å². The van der Waals surface area contributed by atoms with Gasteiger partial charge in [0.05, 0.1) is 17.3 Å². The molecule has 1 heterocycles. The van der Waals surface area contributed by atoms with Crippen molar-refractivity contribution in [1.82, 2.24) is 0 Å². The predicted molar refractivity (Wildman–Crippen MR) is 117 cm³/mol. The molecule has 1 aliphatic heterocycles. The molecule has 2 aromatic rings. The molecule has 2 N–H and O–H groups in total. The van der Waals surface area contributed by atoms with Gasteiger partial charge in [0.2, 0.25) is 0 Å². The standard InChI is InChI=1S/C22H23Cl2NO6/c1-2-29-19-7-4-14(12-22(20(26)27)8-3-9-31-22)10-15(19)13-30-21(28)25-18-6-5-16(23)11-17(18)24/h4-7,10-11H,2-3,8-9,12-13H2,1H3,(H,25,28)(H,26,27). The number of carboxylic acid groups (broad SMARTS) is 1. The average Bonchev–Trinajstić information content (AvgIpc) is 3.20. The fourth-order valence-corrected chi connectivity index (χ4v) is 3.90. The first-order valence-corrected chi connectivity index (χ1v) is 10.6. The molecule has 3 rings (SSSR count). The number of halogens is 2. The van der Waals surface area contributed by atoms with Crippen LogP contribution in [0.15, 0.2) is 36.4 Å². The Morgan fingerprint density at radius 2 is 2.03 bits per heavy atom. The van der Waals surface area contributed by atoms with Gasteiger partial charge in [-0.05, 0) is 55.7 Å². The third kappa shape index (κ3) is 5.81. The van der Waals surface area contributed by atoms with Crippen molar-refractivity contribution in [2.45, 2.75) is 38.4 Å². The van der Waals surface area contributed by atoms with Crippen LogP contribution in [0.5, 0.6) is 5.75 Å². The smallest absolute Gasteiger partial charge is 0.412 e. The van der Waals surface area contributed by atoms with Gasteiger partial charge >= 0.3 is 12.1 Å². The van der Waals surface area contributed by atoms with Gasteiger partial charge in [-0.2, -0.15) is 0 Å². The molecule has 1 fully saturated rings. The van der Waals surface area contributed by atoms with Crippen molar-refractivity contribution >= 4 is 41.0 Å². The minimum atomic E-state index is -1.23. The fraction of sp³-hybridized carbons (Fsp3) is 0.364. The molecule has 166 valence electrons. The Labute approximate surface area is 190 Å². The molecule has 2 aromatic carbocycles. The first kappa shape index (κ1) is 23.2. The maximum atomic E-state index is 12.2. The lowest BCUT2D eigenvalue weighted by Crippen LogP contribution is -2.40. The Kier molecular flexibility index (Phi) is 7.64. The fourth-order valence-electron chi connectivity index (χ4n) is 3.44. The summed E-state index contributed by atoms with van der Waals surface area (Å²) >= 11 is 11.9. The van der Waals surface area contributed by atoms with E-state index in [-0.39, 0.29) is 18.1 Å². The summed E-state index contributed by atoms with van der Waals surface area (Å²) in [6.45, 7) is 2.63. The number of amides is 1. The molecule has 1 amide bonds. The zero-order chi connectivity index (χ0) is 22.4. The highest BCUT2D eigenvalue weighted by molar-refractivity contribution is 6.36. The number of carbonyl (C=O) groups excluding carboxylic acids is 1. The van der Waals surface area contributed by atoms with E-state index in [4.69, 9.17) is 37.4 Å². The van der Waals surface area contributed by atoms with Crippen LogP contribution < -0.4 is 10.1 Å². The van der Waals surface area contributed by atoms with Gasteiger partial charge in [0.25, 0.3) is 0 Å². The van der Waals surface area contributed by atoms with Crippen LogP contribution in [-0.2, 0) is 27.3 Å². The minimum absolute atomic E-state index is 0.0683. The summed E-state index contributed by atoms with van der Waals surface area (Å²) in [4.78, 5) is 24.0. The van der Waals surface area contributed by atoms with Gasteiger partial charge in [-0.15, -0.1) is 0 Å². The van der Waals surface area contributed by atoms with Crippen LogP contribution in [0.2, 0.25) is 10.0 Å². The number of aliphatic carboxylic acids is 1. The monoisotopic (exact) mass is 467 g/mol. The first-order valence-electron chi connectivity index (χ1n) is 9.84. The number of rotatable bonds is 8. The number of benzene rings is 2. The number of nitrogens with one attached hydrogen (secondary N) is 1. The largest absolute Gasteiger partial charge is 0.493 e. The van der Waals surface area contributed by atoms with E-state index in [0.717, 1.165) is 5.56 Å². The summed E-state index contributed by atoms with van der Waals surface area (Å²) in [6, 6.07) is 10.0. The van der Waals surface area contributed by atoms with Crippen LogP contribution in [0.25, 0.3) is 0 Å². The Morgan fingerprint density at radius 3 is 2.68 bits per heavy atom. The normalized spacial score (nSPS) is 17.9. The minimum Gasteiger partial charge on any atom is -0.493 e. The van der Waals surface area contributed by atoms with Gasteiger partial charge in [-0.25, -0.2) is 9.59 Å². The topological polar surface area (TPSA) is 94.1 Å². The zero-order valence-corrected chi connectivity index (χ0v) is 18.5. The molecule has 9 heteroatoms. The summed E-state index contributed by atoms with van der Waals surface area (Å²) in [5, 5.41) is 12.9. The second-order valence-electron chi connectivity index (χ2n) is 7.13. The SMILES string of the molecule is CCOc1ccc(CC2(C(=O)O)CCCO2)cc1COC(=O)Nc1ccc(Cl)cc1Cl. The van der Waals surface area contributed by atoms with E-state index in [2.05, 4.69) is 5.32 Å². The van der Waals surface area contributed by atoms with Gasteiger partial charge in [-0.1, -0.05) is 29.3 Å². The molecule has 31 heavy (non-hydrogen) atoms. The molecular weight excluding hydrogens is 445 g/mol. The quantitative estimate of drug-likeness (QED) is 0.545. The zero-order valence-electron chi connectivity index (χ0n) is 17.0. The lowest BCUT2D eigenvalue weighted by atomic mass is 9.91. The van der Waals surface area contributed by atoms with Crippen LogP contribution in [0.4, 0.5) is 10.5 Å². The molecule has 1 atom stereocenters. The van der Waals surface area contributed by atoms with Crippen LogP contribution >= 0.6 is 23.2 Å². The second kappa shape index (κ2) is 10.2. The molecular formula is C22H23Cl2NO6. The van der Waals surface area contributed by atoms with Crippen LogP contribution in [0.3, 0.4) is 0 Å². The molecule has 7 nitrogen and oxygen atoms in total. The molecule has 0 radical (unpaired) electrons. The third-order valence-corrected chi connectivity index (χ3v) is 5.48. The third-order valence-electron chi connectivity index (χ3n) is 4.93. The molecule has 1 unspecified atom stereocenters. The van der Waals surface area contributed by atoms with E-state index in [1.807, 2.05) is 6.92 Å². The number of hydrogen-bond acceptors (Lipinski definition) is 5. The molecule has 0 aromatic heterocycles. The highest BCUT2D eigenvalue weighted by Crippen LogP contribution is 2.32. The van der Waals surface area contributed by atoms with Gasteiger partial charge in [0.1, 0.15) is 12.4 Å². The molecule has 0 saturated carbocycles. The second-order valence-corrected chi connectivity index (χ2v) is 7.97. The molecule has 1 saturated heterocycles. The molecule has 0 aliphatic carbocycles. The van der Waals surface area contributed by atoms with Crippen molar-refractivity contribution in [2.75, 3.05) is 18.5 Å². The Bertz CT molecular complexity index is 959. The van der Waals surface area contributed by atoms with Crippen molar-refractivity contribution in [3.05, 3.63) is 57.6 Å². The lowest BCUT2D eigenvalue weighted by Gasteiger charge is -2.24. The number of ether oxygens (including phenoxy) is 3. The summed E-state index contributed by atoms with van der Waals surface area (Å²) < 4.78 is 16.5. The Balaban J connectivity index is 1.72. The van der Waals surface area contributed by atoms with Crippen LogP contribution in [-0.4, -0.2) is 36.0 Å². The maximum Gasteiger partial charge on any atom is 0.412 e. The summed E-state index contributed by atoms with van der Waals surface area (Å²) in [5.41, 5.74) is 0.521. The summed E-state index contributed by atoms with van der Waals surface area (Å²) in [5.74, 6) is -0.420. The van der Waals surface area contributed by atoms with Crippen molar-refractivity contribution in [3.8, 4) is 5.75 Å². The van der Waals surface area contributed by atoms with Gasteiger partial charge in [-0.3, -0.25) is 5.32 Å². The van der Waals surface area contributed by atoms with Gasteiger partial charge in [0.15, 0.2) is 5.60 Å². The van der Waals surface area contributed by atoms with Crippen LogP contribution in [0.1, 0.15) is 30.9 Å². The van der Waals surface area contributed by atoms with Crippen molar-refractivity contribution < 1.29 is 28.9 Å². The molecule has 1 aliphatic rings. The van der Waals surface area contributed by atoms with E-state index < -0.39 is 17.7 Å². The predicted octanol–water partition coefficient (Wildman–Crippen LogP) is 5.32. The van der Waals surface area contributed by atoms with Gasteiger partial charge < -0.3 is 19.3 Å². The lowest BCUT2D eigenvalue weighted by molar-refractivity contribution is -0.159. The van der Waals surface area contributed by atoms with E-state index in [1.54, 1.807) is 30.3 Å². The van der Waals surface area contributed by atoms with E-state index >= 15 is 0 Å². The Hall–Kier alpha value is -2.48. The van der Waals surface area contributed by atoms with E-state index in [0.29, 0.717) is 48.1 Å². The van der Waals surface area contributed by atoms with Crippen molar-refractivity contribution in [3.63, 3.8) is 0 Å². The molecule has 0 bridgehead atoms. The maximum absolute atomic E-state index is 12.2. The first-order chi connectivity index (χ1) is 14.8. The van der Waals surface area contributed by atoms with Gasteiger partial charge in [0, 0.05) is 23.6 Å². The number of carboxylic acids is 1. The number of anilines is 1. The highest BCUT2D eigenvalue weighted by atomic mass is 35.5. The van der Waals surface area contributed by atoms with E-state index in [1.165, 1.54) is 6.07 Å². The van der Waals surface area contributed by atoms with E-state index in [9.17, 15) is 14.7 Å². The summed E-state index contributed by atoms with van der Waals surface area (Å²) in [6.07, 6.45) is 0.672. The number of carbonyl (C=O) groups is 2. The average molecular weight is 468 g/mol.